The third kappa shape index (κ3) is 6.17. The molecule has 0 spiro atoms. The number of nitrogens with zero attached hydrogens (tertiary/aromatic N) is 1. The second kappa shape index (κ2) is 10.6. The molecule has 0 radical (unpaired) electrons. The zero-order valence-corrected chi connectivity index (χ0v) is 19.7. The van der Waals surface area contributed by atoms with Crippen LogP contribution >= 0.6 is 23.2 Å². The Morgan fingerprint density at radius 1 is 1.11 bits per heavy atom. The lowest BCUT2D eigenvalue weighted by molar-refractivity contribution is 0.150. The molecule has 0 amide bonds. The molecule has 0 N–H and O–H groups in total. The Labute approximate surface area is 175 Å². The molecule has 1 unspecified atom stereocenters. The monoisotopic (exact) mass is 433 g/mol. The fraction of sp³-hybridized carbons (Fsp3) is 0.714. The lowest BCUT2D eigenvalue weighted by Gasteiger charge is -2.35. The molecule has 1 aliphatic rings. The zero-order valence-electron chi connectivity index (χ0n) is 17.2. The molecule has 1 heterocycles. The molecule has 1 aromatic carbocycles. The van der Waals surface area contributed by atoms with Gasteiger partial charge >= 0.3 is 0 Å². The minimum atomic E-state index is -1.84. The van der Waals surface area contributed by atoms with Crippen molar-refractivity contribution in [3.63, 3.8) is 0 Å². The molecular weight excluding hydrogens is 400 g/mol. The van der Waals surface area contributed by atoms with E-state index in [9.17, 15) is 4.39 Å². The van der Waals surface area contributed by atoms with Crippen molar-refractivity contribution in [1.29, 1.82) is 0 Å². The van der Waals surface area contributed by atoms with Crippen molar-refractivity contribution in [1.82, 2.24) is 4.90 Å². The Bertz CT molecular complexity index is 573. The summed E-state index contributed by atoms with van der Waals surface area (Å²) in [7, 11) is 0.345. The number of hydrogen-bond acceptors (Lipinski definition) is 2. The maximum absolute atomic E-state index is 13.7. The van der Waals surface area contributed by atoms with Gasteiger partial charge in [0.15, 0.2) is 8.32 Å². The van der Waals surface area contributed by atoms with E-state index in [-0.39, 0.29) is 6.10 Å². The average molecular weight is 434 g/mol. The third-order valence-electron chi connectivity index (χ3n) is 6.37. The van der Waals surface area contributed by atoms with Gasteiger partial charge in [0.1, 0.15) is 5.82 Å². The quantitative estimate of drug-likeness (QED) is 0.378. The van der Waals surface area contributed by atoms with E-state index in [1.807, 2.05) is 0 Å². The van der Waals surface area contributed by atoms with E-state index in [1.54, 1.807) is 0 Å². The number of likely N-dealkylation sites (tertiary alicyclic amines) is 1. The summed E-state index contributed by atoms with van der Waals surface area (Å²) in [6.45, 7) is 8.99. The summed E-state index contributed by atoms with van der Waals surface area (Å²) in [6, 6.07) is 5.94. The number of rotatable bonds is 9. The number of piperidine rings is 1. The van der Waals surface area contributed by atoms with Gasteiger partial charge in [-0.3, -0.25) is 0 Å². The molecule has 1 atom stereocenters. The zero-order chi connectivity index (χ0) is 20.0. The van der Waals surface area contributed by atoms with Crippen LogP contribution in [0.5, 0.6) is 0 Å². The van der Waals surface area contributed by atoms with E-state index in [4.69, 9.17) is 27.6 Å². The van der Waals surface area contributed by atoms with Crippen LogP contribution in [0.15, 0.2) is 12.1 Å². The summed E-state index contributed by atoms with van der Waals surface area (Å²) >= 11 is 12.9. The Kier molecular flexibility index (Phi) is 9.08. The van der Waals surface area contributed by atoms with Crippen LogP contribution in [-0.4, -0.2) is 33.4 Å². The van der Waals surface area contributed by atoms with Crippen molar-refractivity contribution in [3.8, 4) is 0 Å². The van der Waals surface area contributed by atoms with Gasteiger partial charge in [-0.2, -0.15) is 0 Å². The topological polar surface area (TPSA) is 12.5 Å². The normalized spacial score (nSPS) is 18.0. The number of halogens is 3. The van der Waals surface area contributed by atoms with Crippen LogP contribution in [0.4, 0.5) is 4.39 Å². The van der Waals surface area contributed by atoms with Crippen molar-refractivity contribution in [3.05, 3.63) is 33.6 Å². The molecule has 2 rings (SSSR count). The average Bonchev–Trinajstić information content (AvgIpc) is 2.64. The summed E-state index contributed by atoms with van der Waals surface area (Å²) in [5, 5.41) is 0.777. The minimum Gasteiger partial charge on any atom is -0.410 e. The Hall–Kier alpha value is -0.133. The van der Waals surface area contributed by atoms with Gasteiger partial charge in [0, 0.05) is 5.56 Å². The molecule has 154 valence electrons. The van der Waals surface area contributed by atoms with Crippen LogP contribution in [-0.2, 0) is 4.43 Å². The molecular formula is C21H34Cl2FNOSi. The lowest BCUT2D eigenvalue weighted by atomic mass is 9.90. The maximum Gasteiger partial charge on any atom is 0.192 e. The lowest BCUT2D eigenvalue weighted by Crippen LogP contribution is -2.37. The molecule has 0 aromatic heterocycles. The highest BCUT2D eigenvalue weighted by atomic mass is 35.5. The van der Waals surface area contributed by atoms with Gasteiger partial charge in [0.25, 0.3) is 0 Å². The summed E-state index contributed by atoms with van der Waals surface area (Å²) in [4.78, 5) is 2.39. The summed E-state index contributed by atoms with van der Waals surface area (Å²) in [6.07, 6.45) is 4.31. The van der Waals surface area contributed by atoms with Crippen LogP contribution < -0.4 is 0 Å². The summed E-state index contributed by atoms with van der Waals surface area (Å²) in [5.41, 5.74) is 0.778. The molecule has 1 aromatic rings. The SMILES string of the molecule is CC[Si](CC)(CC)OC(CCC1CCN(C)CC1)c1c(Cl)cc(F)cc1Cl. The van der Waals surface area contributed by atoms with Crippen LogP contribution in [0.1, 0.15) is 58.1 Å². The Balaban J connectivity index is 2.23. The molecule has 0 aliphatic carbocycles. The smallest absolute Gasteiger partial charge is 0.192 e. The number of benzene rings is 1. The first kappa shape index (κ1) is 23.1. The van der Waals surface area contributed by atoms with E-state index >= 15 is 0 Å². The first-order valence-corrected chi connectivity index (χ1v) is 13.6. The molecule has 27 heavy (non-hydrogen) atoms. The van der Waals surface area contributed by atoms with Crippen molar-refractivity contribution >= 4 is 31.5 Å². The highest BCUT2D eigenvalue weighted by Crippen LogP contribution is 2.40. The predicted molar refractivity (Wildman–Crippen MR) is 117 cm³/mol. The summed E-state index contributed by atoms with van der Waals surface area (Å²) in [5.74, 6) is 0.319. The first-order chi connectivity index (χ1) is 12.8. The van der Waals surface area contributed by atoms with E-state index in [0.717, 1.165) is 49.6 Å². The second-order valence-corrected chi connectivity index (χ2v) is 13.5. The third-order valence-corrected chi connectivity index (χ3v) is 11.6. The molecule has 6 heteroatoms. The first-order valence-electron chi connectivity index (χ1n) is 10.3. The van der Waals surface area contributed by atoms with Crippen LogP contribution in [0.3, 0.4) is 0 Å². The largest absolute Gasteiger partial charge is 0.410 e. The molecule has 1 fully saturated rings. The van der Waals surface area contributed by atoms with E-state index in [2.05, 4.69) is 32.7 Å². The van der Waals surface area contributed by atoms with Gasteiger partial charge in [0.05, 0.1) is 16.1 Å². The van der Waals surface area contributed by atoms with Crippen molar-refractivity contribution in [2.75, 3.05) is 20.1 Å². The van der Waals surface area contributed by atoms with Gasteiger partial charge in [0.2, 0.25) is 0 Å². The van der Waals surface area contributed by atoms with Gasteiger partial charge in [-0.25, -0.2) is 4.39 Å². The van der Waals surface area contributed by atoms with Gasteiger partial charge in [-0.15, -0.1) is 0 Å². The van der Waals surface area contributed by atoms with Crippen molar-refractivity contribution in [2.24, 2.45) is 5.92 Å². The van der Waals surface area contributed by atoms with Crippen LogP contribution in [0.2, 0.25) is 28.2 Å². The van der Waals surface area contributed by atoms with Gasteiger partial charge in [-0.1, -0.05) is 44.0 Å². The molecule has 2 nitrogen and oxygen atoms in total. The summed E-state index contributed by atoms with van der Waals surface area (Å²) < 4.78 is 20.5. The van der Waals surface area contributed by atoms with Gasteiger partial charge in [-0.05, 0) is 82.0 Å². The second-order valence-electron chi connectivity index (χ2n) is 7.96. The van der Waals surface area contributed by atoms with Crippen molar-refractivity contribution < 1.29 is 8.82 Å². The fourth-order valence-corrected chi connectivity index (χ4v) is 7.71. The highest BCUT2D eigenvalue weighted by Gasteiger charge is 2.34. The maximum atomic E-state index is 13.7. The molecule has 1 aliphatic heterocycles. The highest BCUT2D eigenvalue weighted by molar-refractivity contribution is 6.73. The van der Waals surface area contributed by atoms with Crippen molar-refractivity contribution in [2.45, 2.75) is 70.7 Å². The van der Waals surface area contributed by atoms with Gasteiger partial charge < -0.3 is 9.33 Å². The molecule has 0 bridgehead atoms. The van der Waals surface area contributed by atoms with Crippen LogP contribution in [0.25, 0.3) is 0 Å². The van der Waals surface area contributed by atoms with E-state index < -0.39 is 14.1 Å². The number of hydrogen-bond donors (Lipinski definition) is 0. The predicted octanol–water partition coefficient (Wildman–Crippen LogP) is 7.32. The van der Waals surface area contributed by atoms with Crippen LogP contribution in [0, 0.1) is 11.7 Å². The fourth-order valence-electron chi connectivity index (χ4n) is 4.16. The standard InChI is InChI=1S/C21H34Cl2FNOSi/c1-5-27(6-2,7-3)26-20(9-8-16-10-12-25(4)13-11-16)21-18(22)14-17(24)15-19(21)23/h14-16,20H,5-13H2,1-4H3. The Morgan fingerprint density at radius 3 is 2.11 bits per heavy atom. The molecule has 0 saturated carbocycles. The molecule has 1 saturated heterocycles. The van der Waals surface area contributed by atoms with E-state index in [0.29, 0.717) is 16.0 Å². The Morgan fingerprint density at radius 2 is 1.63 bits per heavy atom. The van der Waals surface area contributed by atoms with E-state index in [1.165, 1.54) is 25.0 Å². The minimum absolute atomic E-state index is 0.142.